The standard InChI is InChI=1S/C21H19N3O2/c1-2-3-14-11-20(25)24-19-12-16(6-7-17(14)19)23-21(26)15-5-4-13-8-9-22-18(13)10-15/h4-12,22H,2-3H2,1H3,(H,23,26)(H,24,25). The average molecular weight is 345 g/mol. The molecular weight excluding hydrogens is 326 g/mol. The summed E-state index contributed by atoms with van der Waals surface area (Å²) in [4.78, 5) is 30.4. The minimum Gasteiger partial charge on any atom is -0.361 e. The molecule has 0 bridgehead atoms. The van der Waals surface area contributed by atoms with E-state index in [4.69, 9.17) is 0 Å². The molecule has 2 aromatic heterocycles. The maximum atomic E-state index is 12.6. The largest absolute Gasteiger partial charge is 0.361 e. The molecule has 0 aliphatic heterocycles. The minimum absolute atomic E-state index is 0.123. The molecule has 2 aromatic carbocycles. The van der Waals surface area contributed by atoms with Gasteiger partial charge in [0.2, 0.25) is 5.56 Å². The number of pyridine rings is 1. The Kier molecular flexibility index (Phi) is 4.05. The van der Waals surface area contributed by atoms with Gasteiger partial charge in [0.05, 0.1) is 5.52 Å². The zero-order chi connectivity index (χ0) is 18.1. The van der Waals surface area contributed by atoms with Crippen molar-refractivity contribution in [3.8, 4) is 0 Å². The molecule has 0 spiro atoms. The van der Waals surface area contributed by atoms with Crippen LogP contribution in [0.25, 0.3) is 21.8 Å². The molecule has 0 aliphatic rings. The van der Waals surface area contributed by atoms with Gasteiger partial charge in [0, 0.05) is 34.4 Å². The second kappa shape index (κ2) is 6.52. The van der Waals surface area contributed by atoms with E-state index in [1.165, 1.54) is 0 Å². The number of anilines is 1. The van der Waals surface area contributed by atoms with Crippen molar-refractivity contribution in [3.63, 3.8) is 0 Å². The van der Waals surface area contributed by atoms with Gasteiger partial charge in [0.15, 0.2) is 0 Å². The first-order valence-electron chi connectivity index (χ1n) is 8.68. The molecule has 130 valence electrons. The van der Waals surface area contributed by atoms with Crippen LogP contribution in [-0.2, 0) is 6.42 Å². The number of fused-ring (bicyclic) bond motifs is 2. The maximum absolute atomic E-state index is 12.6. The Labute approximate surface area is 150 Å². The van der Waals surface area contributed by atoms with Gasteiger partial charge in [-0.2, -0.15) is 0 Å². The number of carbonyl (C=O) groups excluding carboxylic acids is 1. The van der Waals surface area contributed by atoms with Crippen molar-refractivity contribution in [1.29, 1.82) is 0 Å². The molecule has 5 heteroatoms. The minimum atomic E-state index is -0.187. The van der Waals surface area contributed by atoms with Crippen molar-refractivity contribution in [3.05, 3.63) is 76.2 Å². The average Bonchev–Trinajstić information content (AvgIpc) is 3.09. The number of amides is 1. The van der Waals surface area contributed by atoms with Gasteiger partial charge in [-0.05, 0) is 47.7 Å². The number of hydrogen-bond acceptors (Lipinski definition) is 2. The Morgan fingerprint density at radius 2 is 1.92 bits per heavy atom. The summed E-state index contributed by atoms with van der Waals surface area (Å²) >= 11 is 0. The number of aromatic nitrogens is 2. The van der Waals surface area contributed by atoms with Gasteiger partial charge < -0.3 is 15.3 Å². The zero-order valence-corrected chi connectivity index (χ0v) is 14.4. The quantitative estimate of drug-likeness (QED) is 0.518. The fourth-order valence-corrected chi connectivity index (χ4v) is 3.28. The molecule has 4 rings (SSSR count). The predicted octanol–water partition coefficient (Wildman–Crippen LogP) is 4.21. The molecule has 26 heavy (non-hydrogen) atoms. The fraction of sp³-hybridized carbons (Fsp3) is 0.143. The lowest BCUT2D eigenvalue weighted by Gasteiger charge is -2.09. The van der Waals surface area contributed by atoms with Crippen LogP contribution in [-0.4, -0.2) is 15.9 Å². The zero-order valence-electron chi connectivity index (χ0n) is 14.4. The van der Waals surface area contributed by atoms with E-state index in [0.717, 1.165) is 40.2 Å². The Morgan fingerprint density at radius 1 is 1.04 bits per heavy atom. The first-order valence-corrected chi connectivity index (χ1v) is 8.68. The number of rotatable bonds is 4. The molecule has 0 fully saturated rings. The monoisotopic (exact) mass is 345 g/mol. The van der Waals surface area contributed by atoms with Crippen molar-refractivity contribution in [1.82, 2.24) is 9.97 Å². The molecule has 4 aromatic rings. The van der Waals surface area contributed by atoms with Crippen molar-refractivity contribution in [2.24, 2.45) is 0 Å². The summed E-state index contributed by atoms with van der Waals surface area (Å²) in [5.74, 6) is -0.187. The lowest BCUT2D eigenvalue weighted by atomic mass is 10.0. The van der Waals surface area contributed by atoms with Crippen LogP contribution in [0.4, 0.5) is 5.69 Å². The first-order chi connectivity index (χ1) is 12.6. The number of H-pyrrole nitrogens is 2. The second-order valence-electron chi connectivity index (χ2n) is 6.40. The third-order valence-electron chi connectivity index (χ3n) is 4.52. The van der Waals surface area contributed by atoms with Crippen LogP contribution >= 0.6 is 0 Å². The summed E-state index contributed by atoms with van der Waals surface area (Å²) in [5, 5.41) is 4.98. The van der Waals surface area contributed by atoms with Gasteiger partial charge in [-0.1, -0.05) is 25.5 Å². The van der Waals surface area contributed by atoms with Crippen LogP contribution in [0.5, 0.6) is 0 Å². The van der Waals surface area contributed by atoms with E-state index in [9.17, 15) is 9.59 Å². The van der Waals surface area contributed by atoms with E-state index in [0.29, 0.717) is 11.3 Å². The van der Waals surface area contributed by atoms with E-state index in [1.54, 1.807) is 18.2 Å². The highest BCUT2D eigenvalue weighted by Gasteiger charge is 2.09. The van der Waals surface area contributed by atoms with Crippen LogP contribution in [0.1, 0.15) is 29.3 Å². The molecule has 5 nitrogen and oxygen atoms in total. The molecule has 0 atom stereocenters. The van der Waals surface area contributed by atoms with Gasteiger partial charge in [0.1, 0.15) is 0 Å². The molecule has 3 N–H and O–H groups in total. The maximum Gasteiger partial charge on any atom is 0.255 e. The van der Waals surface area contributed by atoms with Crippen LogP contribution in [0.15, 0.2) is 59.5 Å². The summed E-state index contributed by atoms with van der Waals surface area (Å²) in [6.07, 6.45) is 3.67. The fourth-order valence-electron chi connectivity index (χ4n) is 3.28. The lowest BCUT2D eigenvalue weighted by molar-refractivity contribution is 0.102. The molecule has 0 aliphatic carbocycles. The highest BCUT2D eigenvalue weighted by molar-refractivity contribution is 6.06. The normalized spacial score (nSPS) is 11.1. The first kappa shape index (κ1) is 16.1. The smallest absolute Gasteiger partial charge is 0.255 e. The molecule has 0 saturated carbocycles. The third-order valence-corrected chi connectivity index (χ3v) is 4.52. The summed E-state index contributed by atoms with van der Waals surface area (Å²) in [5.41, 5.74) is 3.79. The Morgan fingerprint density at radius 3 is 2.77 bits per heavy atom. The van der Waals surface area contributed by atoms with E-state index >= 15 is 0 Å². The highest BCUT2D eigenvalue weighted by atomic mass is 16.1. The summed E-state index contributed by atoms with van der Waals surface area (Å²) in [6, 6.07) is 14.8. The van der Waals surface area contributed by atoms with Gasteiger partial charge >= 0.3 is 0 Å². The van der Waals surface area contributed by atoms with E-state index in [2.05, 4.69) is 22.2 Å². The summed E-state index contributed by atoms with van der Waals surface area (Å²) < 4.78 is 0. The SMILES string of the molecule is CCCc1cc(=O)[nH]c2cc(NC(=O)c3ccc4cc[nH]c4c3)ccc12. The van der Waals surface area contributed by atoms with Gasteiger partial charge in [0.25, 0.3) is 5.91 Å². The molecule has 0 radical (unpaired) electrons. The van der Waals surface area contributed by atoms with Gasteiger partial charge in [-0.15, -0.1) is 0 Å². The number of aromatic amines is 2. The molecular formula is C21H19N3O2. The van der Waals surface area contributed by atoms with Crippen LogP contribution in [0.3, 0.4) is 0 Å². The van der Waals surface area contributed by atoms with E-state index < -0.39 is 0 Å². The predicted molar refractivity (Wildman–Crippen MR) is 105 cm³/mol. The molecule has 2 heterocycles. The number of benzene rings is 2. The second-order valence-corrected chi connectivity index (χ2v) is 6.40. The summed E-state index contributed by atoms with van der Waals surface area (Å²) in [7, 11) is 0. The number of aryl methyl sites for hydroxylation is 1. The van der Waals surface area contributed by atoms with Crippen molar-refractivity contribution in [2.45, 2.75) is 19.8 Å². The van der Waals surface area contributed by atoms with Gasteiger partial charge in [-0.3, -0.25) is 9.59 Å². The summed E-state index contributed by atoms with van der Waals surface area (Å²) in [6.45, 7) is 2.09. The molecule has 0 saturated heterocycles. The van der Waals surface area contributed by atoms with Crippen molar-refractivity contribution < 1.29 is 4.79 Å². The van der Waals surface area contributed by atoms with Gasteiger partial charge in [-0.25, -0.2) is 0 Å². The van der Waals surface area contributed by atoms with Crippen LogP contribution < -0.4 is 10.9 Å². The van der Waals surface area contributed by atoms with E-state index in [1.807, 2.05) is 36.5 Å². The third kappa shape index (κ3) is 2.99. The van der Waals surface area contributed by atoms with Crippen LogP contribution in [0, 0.1) is 0 Å². The number of nitrogens with one attached hydrogen (secondary N) is 3. The van der Waals surface area contributed by atoms with Crippen LogP contribution in [0.2, 0.25) is 0 Å². The Balaban J connectivity index is 1.66. The Hall–Kier alpha value is -3.34. The number of carbonyl (C=O) groups is 1. The van der Waals surface area contributed by atoms with Crippen molar-refractivity contribution >= 4 is 33.4 Å². The van der Waals surface area contributed by atoms with E-state index in [-0.39, 0.29) is 11.5 Å². The number of hydrogen-bond donors (Lipinski definition) is 3. The Bertz CT molecular complexity index is 1170. The topological polar surface area (TPSA) is 77.8 Å². The lowest BCUT2D eigenvalue weighted by Crippen LogP contribution is -2.12. The molecule has 0 unspecified atom stereocenters. The highest BCUT2D eigenvalue weighted by Crippen LogP contribution is 2.22. The molecule has 1 amide bonds. The van der Waals surface area contributed by atoms with Crippen molar-refractivity contribution in [2.75, 3.05) is 5.32 Å².